The third-order valence-electron chi connectivity index (χ3n) is 18.9. The summed E-state index contributed by atoms with van der Waals surface area (Å²) in [4.78, 5) is 56.2. The van der Waals surface area contributed by atoms with E-state index < -0.39 is 74.4 Å². The van der Waals surface area contributed by atoms with Crippen molar-refractivity contribution in [3.05, 3.63) is 226 Å². The number of rotatable bonds is 19. The number of allylic oxidation sites excluding steroid dienone is 8. The molecule has 616 valence electrons. The quantitative estimate of drug-likeness (QED) is 0.00781. The Hall–Kier alpha value is -5.79. The molecular formula is C82H100ClF6K2N6O15PS2. The van der Waals surface area contributed by atoms with Crippen LogP contribution in [0.2, 0.25) is 0 Å². The number of halogens is 7. The van der Waals surface area contributed by atoms with Crippen molar-refractivity contribution in [3.8, 4) is 33.9 Å². The Labute approximate surface area is 764 Å². The molecule has 6 aromatic rings. The Morgan fingerprint density at radius 3 is 1.18 bits per heavy atom. The molecule has 0 radical (unpaired) electrons. The first kappa shape index (κ1) is 102. The maximum atomic E-state index is 14.0. The van der Waals surface area contributed by atoms with Gasteiger partial charge in [-0.3, -0.25) is 4.79 Å². The van der Waals surface area contributed by atoms with E-state index in [0.29, 0.717) is 72.7 Å². The predicted octanol–water partition coefficient (Wildman–Crippen LogP) is 13.0. The molecule has 0 aliphatic heterocycles. The molecule has 4 aliphatic rings. The van der Waals surface area contributed by atoms with E-state index in [-0.39, 0.29) is 169 Å². The minimum Gasteiger partial charge on any atom is -1.00 e. The number of aliphatic hydroxyl groups excluding tert-OH is 1. The Bertz CT molecular complexity index is 4710. The van der Waals surface area contributed by atoms with Gasteiger partial charge in [-0.1, -0.05) is 113 Å². The summed E-state index contributed by atoms with van der Waals surface area (Å²) in [6, 6.07) is 22.6. The Balaban J connectivity index is 0.000000596. The second kappa shape index (κ2) is 48.5. The first-order valence-electron chi connectivity index (χ1n) is 36.4. The van der Waals surface area contributed by atoms with Crippen LogP contribution in [-0.4, -0.2) is 115 Å². The summed E-state index contributed by atoms with van der Waals surface area (Å²) in [7, 11) is -9.76. The number of carbonyl (C=O) groups excluding carboxylic acids is 4. The number of alkyl halides is 6. The van der Waals surface area contributed by atoms with Crippen molar-refractivity contribution in [2.24, 2.45) is 28.8 Å². The van der Waals surface area contributed by atoms with E-state index in [0.717, 1.165) is 123 Å². The average molecular weight is 1730 g/mol. The molecule has 10 rings (SSSR count). The smallest absolute Gasteiger partial charge is 1.00 e. The number of nitrogens with zero attached hydrogens (tertiary/aromatic N) is 5. The molecule has 0 spiro atoms. The number of hydrogen-bond donors (Lipinski definition) is 3. The predicted molar refractivity (Wildman–Crippen MR) is 425 cm³/mol. The van der Waals surface area contributed by atoms with Crippen LogP contribution in [0, 0.1) is 51.4 Å². The topological polar surface area (TPSA) is 302 Å². The monoisotopic (exact) mass is 1730 g/mol. The van der Waals surface area contributed by atoms with Crippen molar-refractivity contribution in [1.82, 2.24) is 23.9 Å². The fraction of sp³-hybridized carbons (Fsp3) is 0.390. The van der Waals surface area contributed by atoms with Crippen molar-refractivity contribution >= 4 is 63.9 Å². The second-order valence-corrected chi connectivity index (χ2v) is 32.9. The first-order valence-corrected chi connectivity index (χ1v) is 41.0. The van der Waals surface area contributed by atoms with Gasteiger partial charge in [-0.2, -0.15) is 36.5 Å². The fourth-order valence-corrected chi connectivity index (χ4v) is 14.0. The summed E-state index contributed by atoms with van der Waals surface area (Å²) >= 11 is 5.07. The molecule has 0 saturated heterocycles. The van der Waals surface area contributed by atoms with Crippen LogP contribution < -0.4 is 113 Å². The zero-order valence-corrected chi connectivity index (χ0v) is 76.2. The molecule has 0 bridgehead atoms. The fourth-order valence-electron chi connectivity index (χ4n) is 12.2. The Kier molecular flexibility index (Phi) is 42.8. The molecule has 21 nitrogen and oxygen atoms in total. The van der Waals surface area contributed by atoms with E-state index in [1.165, 1.54) is 59.5 Å². The molecule has 115 heavy (non-hydrogen) atoms. The summed E-state index contributed by atoms with van der Waals surface area (Å²) in [5, 5.41) is 29.8. The second-order valence-electron chi connectivity index (χ2n) is 28.0. The number of amides is 2. The molecule has 33 heteroatoms. The van der Waals surface area contributed by atoms with Crippen molar-refractivity contribution in [2.45, 2.75) is 155 Å². The molecule has 4 N–H and O–H groups in total. The average Bonchev–Trinajstić information content (AvgIpc) is 1.77. The van der Waals surface area contributed by atoms with Crippen LogP contribution >= 0.6 is 19.7 Å². The molecule has 4 aliphatic carbocycles. The van der Waals surface area contributed by atoms with E-state index >= 15 is 0 Å². The number of aliphatic hydroxyl groups is 1. The Morgan fingerprint density at radius 1 is 0.609 bits per heavy atom. The molecule has 1 unspecified atom stereocenters. The maximum Gasteiger partial charge on any atom is 1.00 e. The van der Waals surface area contributed by atoms with E-state index in [4.69, 9.17) is 52.4 Å². The Morgan fingerprint density at radius 2 is 0.922 bits per heavy atom. The number of sulfonamides is 2. The zero-order chi connectivity index (χ0) is 85.2. The van der Waals surface area contributed by atoms with Gasteiger partial charge in [0.05, 0.1) is 39.2 Å². The number of carbonyl (C=O) groups is 4. The molecular weight excluding hydrogens is 1630 g/mol. The summed E-state index contributed by atoms with van der Waals surface area (Å²) in [6.07, 6.45) is 6.45. The number of hydrogen-bond acceptors (Lipinski definition) is 17. The van der Waals surface area contributed by atoms with Crippen LogP contribution in [0.5, 0.6) is 0 Å². The van der Waals surface area contributed by atoms with Gasteiger partial charge < -0.3 is 35.8 Å². The van der Waals surface area contributed by atoms with Crippen LogP contribution in [0.25, 0.3) is 33.9 Å². The minimum absolute atomic E-state index is 0. The van der Waals surface area contributed by atoms with Crippen LogP contribution in [0.4, 0.5) is 40.7 Å². The molecule has 2 aromatic heterocycles. The van der Waals surface area contributed by atoms with Crippen LogP contribution in [0.15, 0.2) is 202 Å². The number of benzene rings is 4. The number of aromatic nitrogens is 4. The number of aryl methyl sites for hydroxylation is 4. The molecule has 5 atom stereocenters. The molecule has 0 fully saturated rings. The summed E-state index contributed by atoms with van der Waals surface area (Å²) < 4.78 is 156. The van der Waals surface area contributed by atoms with Gasteiger partial charge in [-0.05, 0) is 276 Å². The molecule has 4 aromatic carbocycles. The van der Waals surface area contributed by atoms with Crippen molar-refractivity contribution in [3.63, 3.8) is 0 Å². The SMILES string of the molecule is C=C(C)[C@@H]1CC=C(CO)CC1.C=C(C)[C@@H]1CC=C(COC(=O)Cl)CC1.C=C(C)[C@@H]1CC=C(COC(=O)N(C(=O)OCC2=CC[C@@H](C(=C)C)CC2)S(=O)(=O)c2ccc(-n3nc(C(F)(F)F)cc3-c3cc(C)ccc3C)cc2)CC1.Cc1ccc(C)c(-c2cc(C(F)(F)F)nn2-c2ccc(S(N)(=O)=O)cc2)c1.O=CO[O-].[2H]CP(C)O.[H-].[K+].[K+]. The first-order chi connectivity index (χ1) is 53.4. The van der Waals surface area contributed by atoms with Gasteiger partial charge in [0, 0.05) is 32.2 Å². The normalized spacial score (nSPS) is 16.9. The van der Waals surface area contributed by atoms with Crippen LogP contribution in [-0.2, 0) is 56.3 Å². The van der Waals surface area contributed by atoms with Gasteiger partial charge in [0.25, 0.3) is 16.5 Å². The summed E-state index contributed by atoms with van der Waals surface area (Å²) in [5.74, 6) is 1.83. The largest absolute Gasteiger partial charge is 1.00 e. The van der Waals surface area contributed by atoms with E-state index in [1.807, 2.05) is 58.0 Å². The van der Waals surface area contributed by atoms with E-state index in [1.54, 1.807) is 38.7 Å². The third-order valence-corrected chi connectivity index (χ3v) is 21.6. The van der Waals surface area contributed by atoms with Crippen molar-refractivity contribution in [1.29, 1.82) is 0 Å². The summed E-state index contributed by atoms with van der Waals surface area (Å²) in [6.45, 7) is 32.9. The van der Waals surface area contributed by atoms with Gasteiger partial charge in [-0.25, -0.2) is 45.7 Å². The van der Waals surface area contributed by atoms with Crippen LogP contribution in [0.3, 0.4) is 0 Å². The summed E-state index contributed by atoms with van der Waals surface area (Å²) in [5.41, 5.74) is 10.7. The van der Waals surface area contributed by atoms with Crippen molar-refractivity contribution < 1.29 is 202 Å². The third kappa shape index (κ3) is 33.0. The number of imide groups is 1. The van der Waals surface area contributed by atoms with Gasteiger partial charge >= 0.3 is 133 Å². The van der Waals surface area contributed by atoms with Gasteiger partial charge in [0.15, 0.2) is 11.4 Å². The van der Waals surface area contributed by atoms with Crippen LogP contribution in [0.1, 0.15) is 141 Å². The molecule has 0 saturated carbocycles. The molecule has 2 amide bonds. The maximum absolute atomic E-state index is 14.0. The van der Waals surface area contributed by atoms with Gasteiger partial charge in [-0.15, -0.1) is 0 Å². The van der Waals surface area contributed by atoms with Gasteiger partial charge in [0.1, 0.15) is 19.8 Å². The number of primary sulfonamides is 1. The number of nitrogens with two attached hydrogens (primary N) is 1. The minimum atomic E-state index is -4.92. The van der Waals surface area contributed by atoms with Gasteiger partial charge in [0.2, 0.25) is 10.0 Å². The van der Waals surface area contributed by atoms with E-state index in [9.17, 15) is 57.6 Å². The number of ether oxygens (including phenoxy) is 3. The van der Waals surface area contributed by atoms with Crippen molar-refractivity contribution in [2.75, 3.05) is 39.7 Å². The molecule has 2 heterocycles. The van der Waals surface area contributed by atoms with E-state index in [2.05, 4.69) is 67.4 Å². The standard InChI is InChI=1S/C40H44F3N3O6S.C18H16F3N3O2S.C11H15ClO2.C10H16O.C2H7OP.CH2O3.2K.H/c1-25(2)31-13-9-29(10-14-31)23-51-38(47)46(39(48)52-24-30-11-15-32(16-12-30)26(3)4)53(49,50)34-19-17-33(18-20-34)45-36(22-37(44-45)40(41,42)43)35-21-27(5)7-8-28(35)6;1-11-3-4-12(2)15(9-11)16-10-17(18(19,20)21)23-24(16)13-5-7-14(8-6-13)27(22,25)26;1-8(2)10-5-3-9(4-6-10)7-14-11(12)13;1-8(2)10-5-3-9(7-11)4-6-10;1-4(2)3;2-1-4-3;;;/h7-9,11,17-22,31-32H,1,3,10,12-16,23-24H2,2,4-6H3;3-10H,1-2H3,(H2,22,25,26);3,10H,1,4-7H2,2H3;3,10-11H,1,4-7H2,2H3;3H,1-2H3;1,3H;;;/q;;;;;;2*+1;-1/p-1/t31-,32-;;2*10-;;;;;/m1.11...../s1/i;;;;1D;;;;. The zero-order valence-electron chi connectivity index (χ0n) is 68.7.